The van der Waals surface area contributed by atoms with Crippen molar-refractivity contribution in [1.82, 2.24) is 0 Å². The molecule has 0 bridgehead atoms. The van der Waals surface area contributed by atoms with Gasteiger partial charge in [-0.3, -0.25) is 0 Å². The SMILES string of the molecule is Cc1ccc(Cc2ccc(C)c(C)c2)cc1C. The lowest BCUT2D eigenvalue weighted by Gasteiger charge is -2.07. The molecule has 0 aliphatic heterocycles. The van der Waals surface area contributed by atoms with E-state index in [1.54, 1.807) is 0 Å². The summed E-state index contributed by atoms with van der Waals surface area (Å²) < 4.78 is 0. The number of hydrogen-bond acceptors (Lipinski definition) is 0. The van der Waals surface area contributed by atoms with Crippen LogP contribution in [0.25, 0.3) is 0 Å². The molecular formula is C17H20. The molecule has 88 valence electrons. The Labute approximate surface area is 104 Å². The van der Waals surface area contributed by atoms with Crippen molar-refractivity contribution in [1.29, 1.82) is 0 Å². The van der Waals surface area contributed by atoms with Gasteiger partial charge >= 0.3 is 0 Å². The lowest BCUT2D eigenvalue weighted by molar-refractivity contribution is 1.15. The lowest BCUT2D eigenvalue weighted by Crippen LogP contribution is -1.92. The van der Waals surface area contributed by atoms with E-state index >= 15 is 0 Å². The first-order chi connectivity index (χ1) is 8.06. The van der Waals surface area contributed by atoms with E-state index in [1.807, 2.05) is 0 Å². The van der Waals surface area contributed by atoms with E-state index in [9.17, 15) is 0 Å². The van der Waals surface area contributed by atoms with Crippen LogP contribution in [0.2, 0.25) is 0 Å². The molecule has 0 fully saturated rings. The van der Waals surface area contributed by atoms with Crippen molar-refractivity contribution in [2.75, 3.05) is 0 Å². The van der Waals surface area contributed by atoms with E-state index in [1.165, 1.54) is 33.4 Å². The molecule has 2 aromatic rings. The van der Waals surface area contributed by atoms with Crippen molar-refractivity contribution in [2.45, 2.75) is 34.1 Å². The monoisotopic (exact) mass is 224 g/mol. The molecule has 0 N–H and O–H groups in total. The second kappa shape index (κ2) is 4.75. The molecule has 0 aliphatic carbocycles. The predicted octanol–water partition coefficient (Wildman–Crippen LogP) is 4.51. The molecule has 0 amide bonds. The minimum atomic E-state index is 1.03. The third kappa shape index (κ3) is 2.76. The summed E-state index contributed by atoms with van der Waals surface area (Å²) in [5.74, 6) is 0. The summed E-state index contributed by atoms with van der Waals surface area (Å²) in [6, 6.07) is 13.5. The fraction of sp³-hybridized carbons (Fsp3) is 0.294. The third-order valence-corrected chi connectivity index (χ3v) is 3.55. The second-order valence-electron chi connectivity index (χ2n) is 5.01. The van der Waals surface area contributed by atoms with E-state index in [0.29, 0.717) is 0 Å². The normalized spacial score (nSPS) is 10.6. The first-order valence-corrected chi connectivity index (χ1v) is 6.18. The Kier molecular flexibility index (Phi) is 3.33. The minimum absolute atomic E-state index is 1.03. The topological polar surface area (TPSA) is 0 Å². The summed E-state index contributed by atoms with van der Waals surface area (Å²) in [4.78, 5) is 0. The Morgan fingerprint density at radius 3 is 1.35 bits per heavy atom. The molecule has 0 aliphatic rings. The fourth-order valence-corrected chi connectivity index (χ4v) is 2.06. The molecule has 0 heteroatoms. The Hall–Kier alpha value is -1.56. The third-order valence-electron chi connectivity index (χ3n) is 3.55. The van der Waals surface area contributed by atoms with E-state index in [0.717, 1.165) is 6.42 Å². The van der Waals surface area contributed by atoms with Crippen LogP contribution in [-0.4, -0.2) is 0 Å². The van der Waals surface area contributed by atoms with Crippen LogP contribution in [-0.2, 0) is 6.42 Å². The van der Waals surface area contributed by atoms with Gasteiger partial charge in [-0.1, -0.05) is 36.4 Å². The average Bonchev–Trinajstić information content (AvgIpc) is 2.29. The van der Waals surface area contributed by atoms with Crippen molar-refractivity contribution in [3.05, 3.63) is 69.8 Å². The van der Waals surface area contributed by atoms with Gasteiger partial charge in [0.05, 0.1) is 0 Å². The van der Waals surface area contributed by atoms with Gasteiger partial charge in [0.15, 0.2) is 0 Å². The number of hydrogen-bond donors (Lipinski definition) is 0. The first-order valence-electron chi connectivity index (χ1n) is 6.18. The smallest absolute Gasteiger partial charge is 0.00256 e. The van der Waals surface area contributed by atoms with Crippen molar-refractivity contribution in [3.63, 3.8) is 0 Å². The average molecular weight is 224 g/mol. The van der Waals surface area contributed by atoms with Gasteiger partial charge in [0, 0.05) is 0 Å². The van der Waals surface area contributed by atoms with Crippen molar-refractivity contribution < 1.29 is 0 Å². The highest BCUT2D eigenvalue weighted by Gasteiger charge is 2.00. The van der Waals surface area contributed by atoms with Gasteiger partial charge in [-0.25, -0.2) is 0 Å². The molecule has 2 rings (SSSR count). The molecule has 0 saturated heterocycles. The maximum absolute atomic E-state index is 2.30. The van der Waals surface area contributed by atoms with Gasteiger partial charge in [0.1, 0.15) is 0 Å². The van der Waals surface area contributed by atoms with Gasteiger partial charge < -0.3 is 0 Å². The molecule has 0 radical (unpaired) electrons. The van der Waals surface area contributed by atoms with Gasteiger partial charge in [-0.05, 0) is 67.5 Å². The van der Waals surface area contributed by atoms with E-state index in [2.05, 4.69) is 64.1 Å². The highest BCUT2D eigenvalue weighted by Crippen LogP contribution is 2.16. The Bertz CT molecular complexity index is 486. The number of aryl methyl sites for hydroxylation is 4. The zero-order chi connectivity index (χ0) is 12.4. The van der Waals surface area contributed by atoms with Crippen molar-refractivity contribution in [2.24, 2.45) is 0 Å². The molecule has 17 heavy (non-hydrogen) atoms. The van der Waals surface area contributed by atoms with Crippen LogP contribution in [0, 0.1) is 27.7 Å². The van der Waals surface area contributed by atoms with Crippen LogP contribution in [0.3, 0.4) is 0 Å². The molecule has 0 unspecified atom stereocenters. The zero-order valence-corrected chi connectivity index (χ0v) is 11.2. The van der Waals surface area contributed by atoms with Crippen LogP contribution in [0.1, 0.15) is 33.4 Å². The summed E-state index contributed by atoms with van der Waals surface area (Å²) in [6.07, 6.45) is 1.03. The van der Waals surface area contributed by atoms with Crippen LogP contribution < -0.4 is 0 Å². The Morgan fingerprint density at radius 1 is 0.588 bits per heavy atom. The molecule has 0 aromatic heterocycles. The van der Waals surface area contributed by atoms with Crippen LogP contribution in [0.5, 0.6) is 0 Å². The highest BCUT2D eigenvalue weighted by atomic mass is 14.1. The fourth-order valence-electron chi connectivity index (χ4n) is 2.06. The van der Waals surface area contributed by atoms with Gasteiger partial charge in [0.25, 0.3) is 0 Å². The number of rotatable bonds is 2. The van der Waals surface area contributed by atoms with Crippen molar-refractivity contribution >= 4 is 0 Å². The highest BCUT2D eigenvalue weighted by molar-refractivity contribution is 5.36. The van der Waals surface area contributed by atoms with E-state index in [4.69, 9.17) is 0 Å². The zero-order valence-electron chi connectivity index (χ0n) is 11.2. The van der Waals surface area contributed by atoms with E-state index in [-0.39, 0.29) is 0 Å². The summed E-state index contributed by atoms with van der Waals surface area (Å²) in [7, 11) is 0. The maximum atomic E-state index is 2.30. The quantitative estimate of drug-likeness (QED) is 0.704. The Balaban J connectivity index is 2.25. The molecule has 0 nitrogen and oxygen atoms in total. The maximum Gasteiger partial charge on any atom is -0.00256 e. The van der Waals surface area contributed by atoms with Crippen molar-refractivity contribution in [3.8, 4) is 0 Å². The van der Waals surface area contributed by atoms with Crippen LogP contribution in [0.4, 0.5) is 0 Å². The lowest BCUT2D eigenvalue weighted by atomic mass is 9.98. The first kappa shape index (κ1) is 11.9. The summed E-state index contributed by atoms with van der Waals surface area (Å²) in [5, 5.41) is 0. The van der Waals surface area contributed by atoms with Crippen LogP contribution in [0.15, 0.2) is 36.4 Å². The summed E-state index contributed by atoms with van der Waals surface area (Å²) >= 11 is 0. The largest absolute Gasteiger partial charge is 0.0588 e. The molecule has 0 spiro atoms. The molecule has 0 atom stereocenters. The predicted molar refractivity (Wildman–Crippen MR) is 74.6 cm³/mol. The van der Waals surface area contributed by atoms with E-state index < -0.39 is 0 Å². The number of benzene rings is 2. The van der Waals surface area contributed by atoms with Crippen LogP contribution >= 0.6 is 0 Å². The standard InChI is InChI=1S/C17H20/c1-12-5-7-16(9-14(12)3)11-17-8-6-13(2)15(4)10-17/h5-10H,11H2,1-4H3. The molecule has 0 heterocycles. The Morgan fingerprint density at radius 2 is 1.00 bits per heavy atom. The second-order valence-corrected chi connectivity index (χ2v) is 5.01. The summed E-state index contributed by atoms with van der Waals surface area (Å²) in [6.45, 7) is 8.68. The van der Waals surface area contributed by atoms with Gasteiger partial charge in [-0.2, -0.15) is 0 Å². The van der Waals surface area contributed by atoms with Gasteiger partial charge in [-0.15, -0.1) is 0 Å². The van der Waals surface area contributed by atoms with Gasteiger partial charge in [0.2, 0.25) is 0 Å². The molecular weight excluding hydrogens is 204 g/mol. The minimum Gasteiger partial charge on any atom is -0.0588 e. The molecule has 0 saturated carbocycles. The molecule has 2 aromatic carbocycles. The summed E-state index contributed by atoms with van der Waals surface area (Å²) in [5.41, 5.74) is 8.30.